The molecule has 2 amide bonds. The van der Waals surface area contributed by atoms with Crippen molar-refractivity contribution in [2.45, 2.75) is 6.54 Å². The molecule has 154 valence electrons. The third-order valence-electron chi connectivity index (χ3n) is 4.88. The molecule has 0 saturated carbocycles. The van der Waals surface area contributed by atoms with Crippen molar-refractivity contribution in [3.63, 3.8) is 0 Å². The SMILES string of the molecule is COC(=O)c1ccc(OC(=O)c2ccc3c(c2)C(=O)N(Cc2ccccc2)C3=O)cc1. The fourth-order valence-electron chi connectivity index (χ4n) is 3.27. The van der Waals surface area contributed by atoms with E-state index < -0.39 is 23.8 Å². The highest BCUT2D eigenvalue weighted by Gasteiger charge is 2.36. The van der Waals surface area contributed by atoms with Gasteiger partial charge in [-0.25, -0.2) is 9.59 Å². The number of amides is 2. The number of esters is 2. The number of nitrogens with zero attached hydrogens (tertiary/aromatic N) is 1. The predicted molar refractivity (Wildman–Crippen MR) is 110 cm³/mol. The molecule has 1 aliphatic heterocycles. The molecule has 3 aromatic rings. The summed E-state index contributed by atoms with van der Waals surface area (Å²) in [7, 11) is 1.27. The molecule has 3 aromatic carbocycles. The molecule has 0 radical (unpaired) electrons. The lowest BCUT2D eigenvalue weighted by molar-refractivity contribution is 0.0597. The number of hydrogen-bond acceptors (Lipinski definition) is 6. The monoisotopic (exact) mass is 415 g/mol. The Bertz CT molecular complexity index is 1180. The van der Waals surface area contributed by atoms with Crippen molar-refractivity contribution < 1.29 is 28.7 Å². The van der Waals surface area contributed by atoms with Crippen LogP contribution in [0, 0.1) is 0 Å². The molecule has 0 bridgehead atoms. The first-order chi connectivity index (χ1) is 15.0. The highest BCUT2D eigenvalue weighted by Crippen LogP contribution is 2.26. The van der Waals surface area contributed by atoms with Gasteiger partial charge in [-0.2, -0.15) is 0 Å². The summed E-state index contributed by atoms with van der Waals surface area (Å²) in [6.07, 6.45) is 0. The third-order valence-corrected chi connectivity index (χ3v) is 4.88. The lowest BCUT2D eigenvalue weighted by Gasteiger charge is -2.13. The maximum Gasteiger partial charge on any atom is 0.343 e. The lowest BCUT2D eigenvalue weighted by atomic mass is 10.1. The summed E-state index contributed by atoms with van der Waals surface area (Å²) in [5.41, 5.74) is 1.70. The molecule has 7 heteroatoms. The molecule has 0 spiro atoms. The van der Waals surface area contributed by atoms with E-state index in [1.807, 2.05) is 30.3 Å². The molecular weight excluding hydrogens is 398 g/mol. The van der Waals surface area contributed by atoms with E-state index in [-0.39, 0.29) is 29.0 Å². The second-order valence-electron chi connectivity index (χ2n) is 6.85. The van der Waals surface area contributed by atoms with Crippen LogP contribution in [0.25, 0.3) is 0 Å². The van der Waals surface area contributed by atoms with Gasteiger partial charge in [0.05, 0.1) is 35.9 Å². The Hall–Kier alpha value is -4.26. The zero-order valence-electron chi connectivity index (χ0n) is 16.5. The van der Waals surface area contributed by atoms with E-state index in [1.54, 1.807) is 0 Å². The Morgan fingerprint density at radius 2 is 1.42 bits per heavy atom. The second kappa shape index (κ2) is 8.23. The summed E-state index contributed by atoms with van der Waals surface area (Å²) in [5.74, 6) is -1.82. The van der Waals surface area contributed by atoms with Gasteiger partial charge in [-0.1, -0.05) is 30.3 Å². The third kappa shape index (κ3) is 3.93. The summed E-state index contributed by atoms with van der Waals surface area (Å²) >= 11 is 0. The molecule has 0 saturated heterocycles. The molecule has 0 atom stereocenters. The van der Waals surface area contributed by atoms with Gasteiger partial charge in [0.15, 0.2) is 0 Å². The van der Waals surface area contributed by atoms with Crippen molar-refractivity contribution in [2.75, 3.05) is 7.11 Å². The van der Waals surface area contributed by atoms with Gasteiger partial charge in [0.2, 0.25) is 0 Å². The minimum Gasteiger partial charge on any atom is -0.465 e. The number of carbonyl (C=O) groups is 4. The van der Waals surface area contributed by atoms with Crippen LogP contribution in [-0.2, 0) is 11.3 Å². The van der Waals surface area contributed by atoms with Crippen molar-refractivity contribution in [2.24, 2.45) is 0 Å². The molecule has 1 aliphatic rings. The Kier molecular flexibility index (Phi) is 5.32. The topological polar surface area (TPSA) is 90.0 Å². The van der Waals surface area contributed by atoms with Gasteiger partial charge in [0.1, 0.15) is 5.75 Å². The number of ether oxygens (including phenoxy) is 2. The lowest BCUT2D eigenvalue weighted by Crippen LogP contribution is -2.29. The molecular formula is C24H17NO6. The predicted octanol–water partition coefficient (Wildman–Crippen LogP) is 3.49. The molecule has 0 N–H and O–H groups in total. The summed E-state index contributed by atoms with van der Waals surface area (Å²) in [6, 6.07) is 19.3. The maximum atomic E-state index is 12.8. The zero-order valence-corrected chi connectivity index (χ0v) is 16.5. The first-order valence-corrected chi connectivity index (χ1v) is 9.42. The number of fused-ring (bicyclic) bond motifs is 1. The van der Waals surface area contributed by atoms with Gasteiger partial charge in [0.25, 0.3) is 11.8 Å². The molecule has 0 unspecified atom stereocenters. The molecule has 4 rings (SSSR count). The number of methoxy groups -OCH3 is 1. The van der Waals surface area contributed by atoms with Crippen LogP contribution in [0.15, 0.2) is 72.8 Å². The fourth-order valence-corrected chi connectivity index (χ4v) is 3.27. The Morgan fingerprint density at radius 1 is 0.774 bits per heavy atom. The van der Waals surface area contributed by atoms with E-state index in [4.69, 9.17) is 4.74 Å². The summed E-state index contributed by atoms with van der Waals surface area (Å²) in [6.45, 7) is 0.152. The molecule has 0 aromatic heterocycles. The van der Waals surface area contributed by atoms with E-state index in [9.17, 15) is 19.2 Å². The van der Waals surface area contributed by atoms with Crippen LogP contribution in [0.1, 0.15) is 47.0 Å². The molecule has 1 heterocycles. The normalized spacial score (nSPS) is 12.5. The minimum absolute atomic E-state index is 0.138. The minimum atomic E-state index is -0.685. The van der Waals surface area contributed by atoms with Crippen molar-refractivity contribution in [3.05, 3.63) is 101 Å². The average Bonchev–Trinajstić information content (AvgIpc) is 3.04. The highest BCUT2D eigenvalue weighted by molar-refractivity contribution is 6.21. The number of hydrogen-bond donors (Lipinski definition) is 0. The fraction of sp³-hybridized carbons (Fsp3) is 0.0833. The largest absolute Gasteiger partial charge is 0.465 e. The van der Waals surface area contributed by atoms with Crippen LogP contribution in [0.5, 0.6) is 5.75 Å². The highest BCUT2D eigenvalue weighted by atomic mass is 16.5. The van der Waals surface area contributed by atoms with Crippen molar-refractivity contribution in [3.8, 4) is 5.75 Å². The summed E-state index contributed by atoms with van der Waals surface area (Å²) in [4.78, 5) is 50.6. The quantitative estimate of drug-likeness (QED) is 0.360. The standard InChI is InChI=1S/C24H17NO6/c1-30-23(28)16-7-10-18(11-8-16)31-24(29)17-9-12-19-20(13-17)22(27)25(21(19)26)14-15-5-3-2-4-6-15/h2-13H,14H2,1H3. The van der Waals surface area contributed by atoms with Gasteiger partial charge in [0, 0.05) is 0 Å². The van der Waals surface area contributed by atoms with Gasteiger partial charge >= 0.3 is 11.9 Å². The molecule has 0 fully saturated rings. The second-order valence-corrected chi connectivity index (χ2v) is 6.85. The van der Waals surface area contributed by atoms with Crippen LogP contribution in [0.3, 0.4) is 0 Å². The van der Waals surface area contributed by atoms with E-state index in [1.165, 1.54) is 49.6 Å². The van der Waals surface area contributed by atoms with Crippen molar-refractivity contribution in [1.82, 2.24) is 4.90 Å². The summed E-state index contributed by atoms with van der Waals surface area (Å²) in [5, 5.41) is 0. The van der Waals surface area contributed by atoms with Gasteiger partial charge in [-0.15, -0.1) is 0 Å². The summed E-state index contributed by atoms with van der Waals surface area (Å²) < 4.78 is 9.94. The van der Waals surface area contributed by atoms with E-state index in [2.05, 4.69) is 4.74 Å². The van der Waals surface area contributed by atoms with E-state index in [0.717, 1.165) is 10.5 Å². The van der Waals surface area contributed by atoms with E-state index in [0.29, 0.717) is 5.56 Å². The van der Waals surface area contributed by atoms with Gasteiger partial charge in [-0.3, -0.25) is 14.5 Å². The number of benzene rings is 3. The maximum absolute atomic E-state index is 12.8. The van der Waals surface area contributed by atoms with Crippen LogP contribution < -0.4 is 4.74 Å². The average molecular weight is 415 g/mol. The molecule has 31 heavy (non-hydrogen) atoms. The molecule has 0 aliphatic carbocycles. The number of carbonyl (C=O) groups excluding carboxylic acids is 4. The Labute approximate surface area is 177 Å². The van der Waals surface area contributed by atoms with Gasteiger partial charge in [-0.05, 0) is 48.0 Å². The first-order valence-electron chi connectivity index (χ1n) is 9.42. The first kappa shape index (κ1) is 20.0. The van der Waals surface area contributed by atoms with Crippen molar-refractivity contribution in [1.29, 1.82) is 0 Å². The number of imide groups is 1. The van der Waals surface area contributed by atoms with Crippen molar-refractivity contribution >= 4 is 23.8 Å². The smallest absolute Gasteiger partial charge is 0.343 e. The Balaban J connectivity index is 1.51. The van der Waals surface area contributed by atoms with Crippen LogP contribution >= 0.6 is 0 Å². The van der Waals surface area contributed by atoms with Crippen LogP contribution in [0.4, 0.5) is 0 Å². The molecule has 7 nitrogen and oxygen atoms in total. The van der Waals surface area contributed by atoms with Crippen LogP contribution in [0.2, 0.25) is 0 Å². The Morgan fingerprint density at radius 3 is 2.10 bits per heavy atom. The van der Waals surface area contributed by atoms with E-state index >= 15 is 0 Å². The van der Waals surface area contributed by atoms with Crippen LogP contribution in [-0.4, -0.2) is 35.8 Å². The number of rotatable bonds is 5. The van der Waals surface area contributed by atoms with Gasteiger partial charge < -0.3 is 9.47 Å². The zero-order chi connectivity index (χ0) is 22.0.